The normalized spacial score (nSPS) is 22.3. The molecule has 0 aromatic carbocycles. The van der Waals surface area contributed by atoms with Crippen molar-refractivity contribution in [2.75, 3.05) is 13.1 Å². The number of nitrogens with zero attached hydrogens (tertiary/aromatic N) is 1. The van der Waals surface area contributed by atoms with Gasteiger partial charge in [-0.05, 0) is 36.6 Å². The Balaban J connectivity index is 2.38. The largest absolute Gasteiger partial charge is 0.391 e. The second-order valence-corrected chi connectivity index (χ2v) is 7.78. The third-order valence-electron chi connectivity index (χ3n) is 3.35. The van der Waals surface area contributed by atoms with E-state index in [1.807, 2.05) is 0 Å². The summed E-state index contributed by atoms with van der Waals surface area (Å²) in [5.41, 5.74) is 0.738. The fourth-order valence-electron chi connectivity index (χ4n) is 2.44. The van der Waals surface area contributed by atoms with Crippen LogP contribution >= 0.6 is 11.3 Å². The molecule has 102 valence electrons. The molecule has 1 aromatic heterocycles. The standard InChI is InChI=1S/C12H19NO3S2/c1-9-4-3-5-13(6-9)18(15,16)12-10(2)8-17-11(12)7-14/h8-9,14H,3-7H2,1-2H3. The molecule has 1 fully saturated rings. The number of piperidine rings is 1. The Morgan fingerprint density at radius 1 is 1.56 bits per heavy atom. The lowest BCUT2D eigenvalue weighted by Gasteiger charge is -2.30. The van der Waals surface area contributed by atoms with E-state index < -0.39 is 10.0 Å². The maximum Gasteiger partial charge on any atom is 0.244 e. The molecule has 0 radical (unpaired) electrons. The highest BCUT2D eigenvalue weighted by Crippen LogP contribution is 2.31. The highest BCUT2D eigenvalue weighted by molar-refractivity contribution is 7.89. The molecule has 2 heterocycles. The lowest BCUT2D eigenvalue weighted by atomic mass is 10.0. The van der Waals surface area contributed by atoms with Gasteiger partial charge in [-0.3, -0.25) is 0 Å². The van der Waals surface area contributed by atoms with Crippen LogP contribution in [0.15, 0.2) is 10.3 Å². The Kier molecular flexibility index (Phi) is 4.11. The third kappa shape index (κ3) is 2.47. The molecule has 0 aliphatic carbocycles. The van der Waals surface area contributed by atoms with Gasteiger partial charge in [0, 0.05) is 13.1 Å². The predicted molar refractivity (Wildman–Crippen MR) is 72.1 cm³/mol. The van der Waals surface area contributed by atoms with Crippen LogP contribution in [0.5, 0.6) is 0 Å². The van der Waals surface area contributed by atoms with Gasteiger partial charge >= 0.3 is 0 Å². The van der Waals surface area contributed by atoms with E-state index in [2.05, 4.69) is 6.92 Å². The van der Waals surface area contributed by atoms with Crippen LogP contribution in [-0.4, -0.2) is 30.9 Å². The zero-order valence-corrected chi connectivity index (χ0v) is 12.4. The minimum absolute atomic E-state index is 0.212. The van der Waals surface area contributed by atoms with E-state index in [0.29, 0.717) is 28.8 Å². The summed E-state index contributed by atoms with van der Waals surface area (Å²) in [5, 5.41) is 11.1. The zero-order chi connectivity index (χ0) is 13.3. The van der Waals surface area contributed by atoms with Crippen LogP contribution in [0.2, 0.25) is 0 Å². The number of aliphatic hydroxyl groups is 1. The summed E-state index contributed by atoms with van der Waals surface area (Å²) < 4.78 is 26.8. The van der Waals surface area contributed by atoms with E-state index >= 15 is 0 Å². The van der Waals surface area contributed by atoms with E-state index in [-0.39, 0.29) is 6.61 Å². The molecule has 1 aromatic rings. The van der Waals surface area contributed by atoms with Gasteiger partial charge in [-0.15, -0.1) is 11.3 Å². The van der Waals surface area contributed by atoms with Crippen molar-refractivity contribution in [3.05, 3.63) is 15.8 Å². The second-order valence-electron chi connectivity index (χ2n) is 4.94. The van der Waals surface area contributed by atoms with Crippen LogP contribution in [0.25, 0.3) is 0 Å². The number of thiophene rings is 1. The quantitative estimate of drug-likeness (QED) is 0.925. The monoisotopic (exact) mass is 289 g/mol. The Morgan fingerprint density at radius 2 is 2.28 bits per heavy atom. The molecular formula is C12H19NO3S2. The van der Waals surface area contributed by atoms with Gasteiger partial charge in [0.05, 0.1) is 11.5 Å². The smallest absolute Gasteiger partial charge is 0.244 e. The SMILES string of the molecule is Cc1csc(CO)c1S(=O)(=O)N1CCCC(C)C1. The maximum atomic E-state index is 12.6. The van der Waals surface area contributed by atoms with Gasteiger partial charge < -0.3 is 5.11 Å². The Labute approximate surface area is 112 Å². The van der Waals surface area contributed by atoms with Crippen molar-refractivity contribution in [1.29, 1.82) is 0 Å². The number of hydrogen-bond donors (Lipinski definition) is 1. The first-order chi connectivity index (χ1) is 8.46. The molecular weight excluding hydrogens is 270 g/mol. The topological polar surface area (TPSA) is 57.6 Å². The van der Waals surface area contributed by atoms with Crippen molar-refractivity contribution >= 4 is 21.4 Å². The molecule has 1 aliphatic rings. The summed E-state index contributed by atoms with van der Waals surface area (Å²) in [4.78, 5) is 0.870. The van der Waals surface area contributed by atoms with Crippen molar-refractivity contribution in [3.8, 4) is 0 Å². The summed E-state index contributed by atoms with van der Waals surface area (Å²) in [6.45, 7) is 4.83. The average molecular weight is 289 g/mol. The zero-order valence-electron chi connectivity index (χ0n) is 10.7. The Bertz CT molecular complexity index is 521. The molecule has 1 N–H and O–H groups in total. The predicted octanol–water partition coefficient (Wildman–Crippen LogP) is 1.97. The van der Waals surface area contributed by atoms with Crippen molar-refractivity contribution in [2.45, 2.75) is 38.2 Å². The van der Waals surface area contributed by atoms with Crippen molar-refractivity contribution in [2.24, 2.45) is 5.92 Å². The van der Waals surface area contributed by atoms with Gasteiger partial charge in [-0.25, -0.2) is 8.42 Å². The van der Waals surface area contributed by atoms with E-state index in [1.54, 1.807) is 16.6 Å². The van der Waals surface area contributed by atoms with Crippen LogP contribution in [-0.2, 0) is 16.6 Å². The van der Waals surface area contributed by atoms with E-state index in [9.17, 15) is 13.5 Å². The first kappa shape index (κ1) is 14.0. The fraction of sp³-hybridized carbons (Fsp3) is 0.667. The second kappa shape index (κ2) is 5.28. The van der Waals surface area contributed by atoms with E-state index in [4.69, 9.17) is 0 Å². The highest BCUT2D eigenvalue weighted by Gasteiger charge is 2.32. The lowest BCUT2D eigenvalue weighted by Crippen LogP contribution is -2.39. The molecule has 1 saturated heterocycles. The summed E-state index contributed by atoms with van der Waals surface area (Å²) in [7, 11) is -3.44. The highest BCUT2D eigenvalue weighted by atomic mass is 32.2. The molecule has 1 atom stereocenters. The van der Waals surface area contributed by atoms with Crippen LogP contribution in [0.4, 0.5) is 0 Å². The minimum Gasteiger partial charge on any atom is -0.391 e. The van der Waals surface area contributed by atoms with Crippen LogP contribution < -0.4 is 0 Å². The molecule has 0 spiro atoms. The van der Waals surface area contributed by atoms with Gasteiger partial charge in [0.15, 0.2) is 0 Å². The van der Waals surface area contributed by atoms with Gasteiger partial charge in [0.25, 0.3) is 0 Å². The molecule has 0 saturated carbocycles. The first-order valence-electron chi connectivity index (χ1n) is 6.14. The van der Waals surface area contributed by atoms with Gasteiger partial charge in [0.2, 0.25) is 10.0 Å². The third-order valence-corrected chi connectivity index (χ3v) is 6.66. The number of hydrogen-bond acceptors (Lipinski definition) is 4. The van der Waals surface area contributed by atoms with Crippen molar-refractivity contribution in [1.82, 2.24) is 4.31 Å². The molecule has 2 rings (SSSR count). The fourth-order valence-corrected chi connectivity index (χ4v) is 5.65. The van der Waals surface area contributed by atoms with Crippen molar-refractivity contribution in [3.63, 3.8) is 0 Å². The van der Waals surface area contributed by atoms with E-state index in [1.165, 1.54) is 11.3 Å². The van der Waals surface area contributed by atoms with Gasteiger partial charge in [-0.1, -0.05) is 6.92 Å². The Morgan fingerprint density at radius 3 is 2.89 bits per heavy atom. The van der Waals surface area contributed by atoms with Crippen LogP contribution in [0, 0.1) is 12.8 Å². The molecule has 1 unspecified atom stereocenters. The molecule has 0 amide bonds. The van der Waals surface area contributed by atoms with Gasteiger partial charge in [-0.2, -0.15) is 4.31 Å². The van der Waals surface area contributed by atoms with Crippen LogP contribution in [0.3, 0.4) is 0 Å². The van der Waals surface area contributed by atoms with Crippen molar-refractivity contribution < 1.29 is 13.5 Å². The molecule has 18 heavy (non-hydrogen) atoms. The number of aryl methyl sites for hydroxylation is 1. The number of rotatable bonds is 3. The summed E-state index contributed by atoms with van der Waals surface area (Å²) >= 11 is 1.31. The molecule has 4 nitrogen and oxygen atoms in total. The average Bonchev–Trinajstić information content (AvgIpc) is 2.71. The minimum atomic E-state index is -3.44. The molecule has 6 heteroatoms. The summed E-state index contributed by atoms with van der Waals surface area (Å²) in [6, 6.07) is 0. The lowest BCUT2D eigenvalue weighted by molar-refractivity contribution is 0.274. The number of sulfonamides is 1. The van der Waals surface area contributed by atoms with E-state index in [0.717, 1.165) is 18.4 Å². The van der Waals surface area contributed by atoms with Gasteiger partial charge in [0.1, 0.15) is 4.90 Å². The van der Waals surface area contributed by atoms with Crippen LogP contribution in [0.1, 0.15) is 30.2 Å². The maximum absolute atomic E-state index is 12.6. The molecule has 0 bridgehead atoms. The number of aliphatic hydroxyl groups excluding tert-OH is 1. The summed E-state index contributed by atoms with van der Waals surface area (Å²) in [5.74, 6) is 0.407. The first-order valence-corrected chi connectivity index (χ1v) is 8.46. The summed E-state index contributed by atoms with van der Waals surface area (Å²) in [6.07, 6.45) is 2.00. The molecule has 1 aliphatic heterocycles. The Hall–Kier alpha value is -0.430.